The second kappa shape index (κ2) is 9.32. The lowest BCUT2D eigenvalue weighted by Crippen LogP contribution is -2.07. The van der Waals surface area contributed by atoms with Crippen LogP contribution in [0.5, 0.6) is 11.5 Å². The summed E-state index contributed by atoms with van der Waals surface area (Å²) in [5, 5.41) is 10.1. The number of hydrogen-bond donors (Lipinski definition) is 1. The maximum absolute atomic E-state index is 15.1. The van der Waals surface area contributed by atoms with Gasteiger partial charge < -0.3 is 9.84 Å². The number of phenolic OH excluding ortho intramolecular Hbond substituents is 1. The summed E-state index contributed by atoms with van der Waals surface area (Å²) in [4.78, 5) is 0. The highest BCUT2D eigenvalue weighted by atomic mass is 19.3. The van der Waals surface area contributed by atoms with Crippen molar-refractivity contribution in [3.05, 3.63) is 82.4 Å². The molecule has 3 aromatic carbocycles. The van der Waals surface area contributed by atoms with Crippen molar-refractivity contribution in [3.63, 3.8) is 0 Å². The molecule has 0 aliphatic rings. The second-order valence-electron chi connectivity index (χ2n) is 6.86. The maximum atomic E-state index is 15.1. The smallest absolute Gasteiger partial charge is 0.387 e. The fraction of sp³-hybridized carbons (Fsp3) is 0.217. The molecule has 0 bridgehead atoms. The standard InChI is InChI=1S/C23H18F6O2/c1-2-12-3-6-14(7-4-12)20-19(30)11-16(24)15(21(20)27)8-5-13-9-17(25)22(18(26)10-13)31-23(28)29/h3-4,6-7,9-11,23,30H,2,5,8H2,1H3. The van der Waals surface area contributed by atoms with Gasteiger partial charge in [0.1, 0.15) is 17.4 Å². The zero-order chi connectivity index (χ0) is 22.7. The predicted octanol–water partition coefficient (Wildman–Crippen LogP) is 6.56. The molecule has 2 nitrogen and oxygen atoms in total. The van der Waals surface area contributed by atoms with Crippen molar-refractivity contribution in [2.45, 2.75) is 32.8 Å². The van der Waals surface area contributed by atoms with Crippen molar-refractivity contribution >= 4 is 0 Å². The van der Waals surface area contributed by atoms with Gasteiger partial charge in [0.05, 0.1) is 5.56 Å². The zero-order valence-corrected chi connectivity index (χ0v) is 16.4. The Labute approximate surface area is 174 Å². The number of ether oxygens (including phenoxy) is 1. The van der Waals surface area contributed by atoms with Gasteiger partial charge in [-0.1, -0.05) is 31.2 Å². The summed E-state index contributed by atoms with van der Waals surface area (Å²) in [5.74, 6) is -6.49. The quantitative estimate of drug-likeness (QED) is 0.422. The molecule has 0 atom stereocenters. The first-order valence-electron chi connectivity index (χ1n) is 9.43. The van der Waals surface area contributed by atoms with Gasteiger partial charge in [0, 0.05) is 11.6 Å². The lowest BCUT2D eigenvalue weighted by Gasteiger charge is -2.13. The summed E-state index contributed by atoms with van der Waals surface area (Å²) < 4.78 is 85.4. The van der Waals surface area contributed by atoms with Gasteiger partial charge in [0.2, 0.25) is 0 Å². The lowest BCUT2D eigenvalue weighted by atomic mass is 9.96. The van der Waals surface area contributed by atoms with Gasteiger partial charge in [-0.2, -0.15) is 8.78 Å². The Hall–Kier alpha value is -3.16. The van der Waals surface area contributed by atoms with Gasteiger partial charge in [0.25, 0.3) is 0 Å². The van der Waals surface area contributed by atoms with Crippen molar-refractivity contribution in [2.24, 2.45) is 0 Å². The molecule has 0 radical (unpaired) electrons. The highest BCUT2D eigenvalue weighted by Gasteiger charge is 2.21. The molecular formula is C23H18F6O2. The fourth-order valence-corrected chi connectivity index (χ4v) is 3.29. The first-order chi connectivity index (χ1) is 14.7. The molecule has 3 rings (SSSR count). The molecule has 0 heterocycles. The molecule has 0 aliphatic heterocycles. The SMILES string of the molecule is CCc1ccc(-c2c(O)cc(F)c(CCc3cc(F)c(OC(F)F)c(F)c3)c2F)cc1. The molecule has 0 saturated heterocycles. The van der Waals surface area contributed by atoms with Crippen molar-refractivity contribution in [2.75, 3.05) is 0 Å². The molecule has 0 fully saturated rings. The van der Waals surface area contributed by atoms with Crippen LogP contribution in [0.25, 0.3) is 11.1 Å². The highest BCUT2D eigenvalue weighted by molar-refractivity contribution is 5.72. The van der Waals surface area contributed by atoms with E-state index in [0.717, 1.165) is 30.2 Å². The van der Waals surface area contributed by atoms with Crippen LogP contribution in [0.2, 0.25) is 0 Å². The minimum Gasteiger partial charge on any atom is -0.507 e. The summed E-state index contributed by atoms with van der Waals surface area (Å²) in [6.45, 7) is -1.46. The Morgan fingerprint density at radius 2 is 1.45 bits per heavy atom. The lowest BCUT2D eigenvalue weighted by molar-refractivity contribution is -0.0546. The minimum atomic E-state index is -3.40. The van der Waals surface area contributed by atoms with Crippen LogP contribution in [0.3, 0.4) is 0 Å². The van der Waals surface area contributed by atoms with Crippen LogP contribution in [0, 0.1) is 23.3 Å². The van der Waals surface area contributed by atoms with Gasteiger partial charge in [-0.25, -0.2) is 17.6 Å². The van der Waals surface area contributed by atoms with Gasteiger partial charge in [-0.3, -0.25) is 0 Å². The van der Waals surface area contributed by atoms with Crippen LogP contribution < -0.4 is 4.74 Å². The van der Waals surface area contributed by atoms with E-state index in [0.29, 0.717) is 5.56 Å². The summed E-state index contributed by atoms with van der Waals surface area (Å²) >= 11 is 0. The third-order valence-corrected chi connectivity index (χ3v) is 4.87. The molecule has 0 amide bonds. The third kappa shape index (κ3) is 4.95. The van der Waals surface area contributed by atoms with Crippen molar-refractivity contribution in [1.29, 1.82) is 0 Å². The number of phenols is 1. The maximum Gasteiger partial charge on any atom is 0.387 e. The first kappa shape index (κ1) is 22.5. The van der Waals surface area contributed by atoms with E-state index in [4.69, 9.17) is 0 Å². The number of aryl methyl sites for hydroxylation is 2. The topological polar surface area (TPSA) is 29.5 Å². The number of hydrogen-bond acceptors (Lipinski definition) is 2. The predicted molar refractivity (Wildman–Crippen MR) is 103 cm³/mol. The van der Waals surface area contributed by atoms with Crippen LogP contribution in [-0.4, -0.2) is 11.7 Å². The second-order valence-corrected chi connectivity index (χ2v) is 6.86. The Morgan fingerprint density at radius 3 is 2.00 bits per heavy atom. The number of alkyl halides is 2. The van der Waals surface area contributed by atoms with Crippen molar-refractivity contribution < 1.29 is 36.2 Å². The average Bonchev–Trinajstić information content (AvgIpc) is 2.70. The summed E-state index contributed by atoms with van der Waals surface area (Å²) in [6.07, 6.45) is 0.291. The summed E-state index contributed by atoms with van der Waals surface area (Å²) in [6, 6.07) is 9.03. The largest absolute Gasteiger partial charge is 0.507 e. The molecule has 0 unspecified atom stereocenters. The Kier molecular flexibility index (Phi) is 6.77. The van der Waals surface area contributed by atoms with Crippen LogP contribution >= 0.6 is 0 Å². The van der Waals surface area contributed by atoms with Crippen molar-refractivity contribution in [3.8, 4) is 22.6 Å². The molecule has 164 valence electrons. The highest BCUT2D eigenvalue weighted by Crippen LogP contribution is 2.36. The van der Waals surface area contributed by atoms with E-state index in [-0.39, 0.29) is 29.5 Å². The zero-order valence-electron chi connectivity index (χ0n) is 16.4. The Bertz CT molecular complexity index is 1060. The van der Waals surface area contributed by atoms with E-state index in [1.54, 1.807) is 24.3 Å². The number of halogens is 6. The van der Waals surface area contributed by atoms with E-state index in [1.165, 1.54) is 0 Å². The van der Waals surface area contributed by atoms with Crippen LogP contribution in [0.15, 0.2) is 42.5 Å². The number of rotatable bonds is 7. The van der Waals surface area contributed by atoms with Gasteiger partial charge >= 0.3 is 6.61 Å². The number of benzene rings is 3. The summed E-state index contributed by atoms with van der Waals surface area (Å²) in [7, 11) is 0. The Balaban J connectivity index is 1.90. The fourth-order valence-electron chi connectivity index (χ4n) is 3.29. The normalized spacial score (nSPS) is 11.2. The molecule has 0 saturated carbocycles. The minimum absolute atomic E-state index is 0.00246. The van der Waals surface area contributed by atoms with E-state index in [1.807, 2.05) is 6.92 Å². The summed E-state index contributed by atoms with van der Waals surface area (Å²) in [5.41, 5.74) is 0.781. The molecule has 0 aliphatic carbocycles. The molecule has 31 heavy (non-hydrogen) atoms. The molecule has 0 aromatic heterocycles. The molecule has 0 spiro atoms. The van der Waals surface area contributed by atoms with Crippen LogP contribution in [0.1, 0.15) is 23.6 Å². The monoisotopic (exact) mass is 440 g/mol. The average molecular weight is 440 g/mol. The van der Waals surface area contributed by atoms with E-state index in [9.17, 15) is 27.1 Å². The molecular weight excluding hydrogens is 422 g/mol. The first-order valence-corrected chi connectivity index (χ1v) is 9.43. The van der Waals surface area contributed by atoms with Gasteiger partial charge in [-0.05, 0) is 48.1 Å². The van der Waals surface area contributed by atoms with E-state index >= 15 is 4.39 Å². The van der Waals surface area contributed by atoms with Crippen LogP contribution in [0.4, 0.5) is 26.3 Å². The third-order valence-electron chi connectivity index (χ3n) is 4.87. The number of aromatic hydroxyl groups is 1. The molecule has 3 aromatic rings. The molecule has 1 N–H and O–H groups in total. The van der Waals surface area contributed by atoms with Gasteiger partial charge in [0.15, 0.2) is 17.4 Å². The van der Waals surface area contributed by atoms with Gasteiger partial charge in [-0.15, -0.1) is 0 Å². The van der Waals surface area contributed by atoms with Crippen LogP contribution in [-0.2, 0) is 19.3 Å². The Morgan fingerprint density at radius 1 is 0.839 bits per heavy atom. The van der Waals surface area contributed by atoms with E-state index < -0.39 is 41.4 Å². The van der Waals surface area contributed by atoms with E-state index in [2.05, 4.69) is 4.74 Å². The molecule has 8 heteroatoms. The van der Waals surface area contributed by atoms with Crippen molar-refractivity contribution in [1.82, 2.24) is 0 Å².